The molecule has 1 aliphatic rings. The molecule has 0 unspecified atom stereocenters. The minimum absolute atomic E-state index is 0.0487. The predicted molar refractivity (Wildman–Crippen MR) is 319 cm³/mol. The van der Waals surface area contributed by atoms with Gasteiger partial charge in [0, 0.05) is 67.4 Å². The number of para-hydroxylation sites is 1. The molecular weight excluding hydrogens is 1260 g/mol. The van der Waals surface area contributed by atoms with E-state index in [1.807, 2.05) is 60.7 Å². The maximum absolute atomic E-state index is 14.8. The normalized spacial score (nSPS) is 21.0. The van der Waals surface area contributed by atoms with Crippen LogP contribution in [-0.4, -0.2) is 124 Å². The number of unbranched alkanes of at least 4 members (excludes halogenated alkanes) is 1. The number of hydrogen-bond donors (Lipinski definition) is 11. The predicted octanol–water partition coefficient (Wildman–Crippen LogP) is 2.43. The highest BCUT2D eigenvalue weighted by molar-refractivity contribution is 14.1. The van der Waals surface area contributed by atoms with Gasteiger partial charge in [0.05, 0.1) is 6.04 Å². The van der Waals surface area contributed by atoms with Crippen LogP contribution in [0.1, 0.15) is 55.4 Å². The van der Waals surface area contributed by atoms with Crippen molar-refractivity contribution < 1.29 is 38.4 Å². The number of aromatic amines is 1. The quantitative estimate of drug-likeness (QED) is 0.0342. The van der Waals surface area contributed by atoms with Gasteiger partial charge in [-0.05, 0) is 142 Å². The third-order valence-electron chi connectivity index (χ3n) is 12.9. The Bertz CT molecular complexity index is 2870. The van der Waals surface area contributed by atoms with Crippen molar-refractivity contribution in [3.63, 3.8) is 0 Å². The molecular formula is C54H66I2N12O8S2. The average molecular weight is 1330 g/mol. The number of aromatic nitrogens is 2. The van der Waals surface area contributed by atoms with E-state index in [0.29, 0.717) is 30.5 Å². The molecule has 0 radical (unpaired) electrons. The number of carbonyl (C=O) groups excluding carboxylic acids is 8. The Kier molecular flexibility index (Phi) is 24.0. The summed E-state index contributed by atoms with van der Waals surface area (Å²) in [5, 5.41) is 20.4. The number of halogens is 2. The van der Waals surface area contributed by atoms with Crippen LogP contribution in [0.25, 0.3) is 10.9 Å². The Balaban J connectivity index is 1.38. The number of H-pyrrole nitrogens is 1. The van der Waals surface area contributed by atoms with Gasteiger partial charge in [-0.1, -0.05) is 84.0 Å². The van der Waals surface area contributed by atoms with E-state index < -0.39 is 102 Å². The first-order valence-corrected chi connectivity index (χ1v) is 30.1. The van der Waals surface area contributed by atoms with Gasteiger partial charge in [-0.15, -0.1) is 0 Å². The second-order valence-electron chi connectivity index (χ2n) is 19.2. The molecule has 8 amide bonds. The van der Waals surface area contributed by atoms with Gasteiger partial charge in [0.15, 0.2) is 0 Å². The lowest BCUT2D eigenvalue weighted by Gasteiger charge is -2.29. The van der Waals surface area contributed by atoms with E-state index in [0.717, 1.165) is 50.8 Å². The van der Waals surface area contributed by atoms with Gasteiger partial charge >= 0.3 is 0 Å². The van der Waals surface area contributed by atoms with Crippen LogP contribution in [0.5, 0.6) is 0 Å². The first-order valence-electron chi connectivity index (χ1n) is 25.4. The molecule has 78 heavy (non-hydrogen) atoms. The Morgan fingerprint density at radius 2 is 1.32 bits per heavy atom. The van der Waals surface area contributed by atoms with E-state index >= 15 is 0 Å². The minimum Gasteiger partial charge on any atom is -0.368 e. The summed E-state index contributed by atoms with van der Waals surface area (Å²) < 4.78 is 1.94. The maximum atomic E-state index is 14.8. The number of hydrogen-bond acceptors (Lipinski definition) is 13. The van der Waals surface area contributed by atoms with Crippen LogP contribution >= 0.6 is 66.8 Å². The number of amides is 8. The van der Waals surface area contributed by atoms with Crippen LogP contribution in [0, 0.1) is 13.1 Å². The number of nitrogens with one attached hydrogen (secondary N) is 8. The molecule has 1 fully saturated rings. The summed E-state index contributed by atoms with van der Waals surface area (Å²) in [5.74, 6) is -6.78. The molecule has 20 nitrogen and oxygen atoms in total. The van der Waals surface area contributed by atoms with Crippen molar-refractivity contribution in [2.75, 3.05) is 18.1 Å². The van der Waals surface area contributed by atoms with E-state index in [1.165, 1.54) is 6.20 Å². The third kappa shape index (κ3) is 18.7. The lowest BCUT2D eigenvalue weighted by molar-refractivity contribution is -0.136. The molecule has 3 heterocycles. The number of carbonyl (C=O) groups is 8. The lowest BCUT2D eigenvalue weighted by atomic mass is 10.00. The molecule has 1 aliphatic heterocycles. The highest BCUT2D eigenvalue weighted by atomic mass is 127. The Morgan fingerprint density at radius 1 is 0.705 bits per heavy atom. The van der Waals surface area contributed by atoms with Crippen LogP contribution in [0.4, 0.5) is 0 Å². The molecule has 0 saturated carbocycles. The highest BCUT2D eigenvalue weighted by Crippen LogP contribution is 2.25. The lowest BCUT2D eigenvalue weighted by Crippen LogP contribution is -2.61. The molecule has 0 bridgehead atoms. The fraction of sp³-hybridized carbons (Fsp3) is 0.389. The highest BCUT2D eigenvalue weighted by Gasteiger charge is 2.36. The topological polar surface area (TPSA) is 328 Å². The van der Waals surface area contributed by atoms with Gasteiger partial charge in [0.1, 0.15) is 42.3 Å². The first-order chi connectivity index (χ1) is 37.4. The van der Waals surface area contributed by atoms with Gasteiger partial charge in [-0.25, -0.2) is 0 Å². The molecule has 8 atom stereocenters. The van der Waals surface area contributed by atoms with Crippen LogP contribution in [0.15, 0.2) is 104 Å². The van der Waals surface area contributed by atoms with E-state index in [9.17, 15) is 38.4 Å². The zero-order chi connectivity index (χ0) is 56.3. The third-order valence-corrected chi connectivity index (χ3v) is 16.8. The molecule has 1 saturated heterocycles. The number of benzene rings is 3. The molecule has 6 rings (SSSR count). The van der Waals surface area contributed by atoms with Gasteiger partial charge in [-0.2, -0.15) is 0 Å². The zero-order valence-electron chi connectivity index (χ0n) is 43.1. The monoisotopic (exact) mass is 1330 g/mol. The number of primary amides is 1. The number of rotatable bonds is 18. The van der Waals surface area contributed by atoms with Gasteiger partial charge in [0.25, 0.3) is 0 Å². The van der Waals surface area contributed by atoms with E-state index in [4.69, 9.17) is 17.2 Å². The Labute approximate surface area is 488 Å². The van der Waals surface area contributed by atoms with Gasteiger partial charge in [-0.3, -0.25) is 43.3 Å². The number of nitrogens with zero attached hydrogens (tertiary/aromatic N) is 1. The Hall–Kier alpha value is -5.81. The summed E-state index contributed by atoms with van der Waals surface area (Å²) in [6.45, 7) is 3.71. The summed E-state index contributed by atoms with van der Waals surface area (Å²) in [7, 11) is 2.16. The van der Waals surface area contributed by atoms with Crippen molar-refractivity contribution in [2.24, 2.45) is 23.1 Å². The van der Waals surface area contributed by atoms with E-state index in [-0.39, 0.29) is 43.6 Å². The van der Waals surface area contributed by atoms with Crippen molar-refractivity contribution in [1.29, 1.82) is 0 Å². The van der Waals surface area contributed by atoms with Crippen LogP contribution < -0.4 is 54.4 Å². The average Bonchev–Trinajstić information content (AvgIpc) is 3.88. The molecule has 5 aromatic rings. The fourth-order valence-corrected chi connectivity index (χ4v) is 11.6. The first kappa shape index (κ1) is 61.4. The standard InChI is InChI=1S/C54H66I2N12O8S2/c1-30(2)46-54(76)67-45(52(74)63-41(47(59)69)23-32-14-18-36(56)19-15-32)29-78-77-28-44(66-48(70)38(58)22-31-12-16-35(55)17-13-31)53(75)64-42(24-33-8-7-21-60-26-33)50(72)65-43(25-34-27-61-39-10-4-3-9-37(34)39)51(73)62-40(49(71)68-46)11-5-6-20-57/h3-4,7-10,12-19,21,26-27,30,38,40-46,61H,5-6,11,20,22-25,28-29,57-58H2,1-2H3,(H2,59,69)(H,62,73)(H,63,74)(H,64,75)(H,65,72)(H,66,70)(H,67,76)(H,68,71)/t38-,40-,41-,42-,43+,44+,45-,46-/m0/s1. The largest absolute Gasteiger partial charge is 0.368 e. The van der Waals surface area contributed by atoms with Crippen LogP contribution in [0.2, 0.25) is 0 Å². The van der Waals surface area contributed by atoms with Crippen LogP contribution in [0.3, 0.4) is 0 Å². The van der Waals surface area contributed by atoms with Crippen molar-refractivity contribution >= 4 is 125 Å². The van der Waals surface area contributed by atoms with Crippen molar-refractivity contribution in [2.45, 2.75) is 107 Å². The molecule has 2 aromatic heterocycles. The van der Waals surface area contributed by atoms with Crippen molar-refractivity contribution in [3.05, 3.63) is 133 Å². The molecule has 3 aromatic carbocycles. The molecule has 14 N–H and O–H groups in total. The molecule has 24 heteroatoms. The summed E-state index contributed by atoms with van der Waals surface area (Å²) in [5.41, 5.74) is 21.7. The second kappa shape index (κ2) is 30.5. The smallest absolute Gasteiger partial charge is 0.244 e. The molecule has 0 spiro atoms. The fourth-order valence-electron chi connectivity index (χ4n) is 8.52. The van der Waals surface area contributed by atoms with Crippen molar-refractivity contribution in [3.8, 4) is 0 Å². The zero-order valence-corrected chi connectivity index (χ0v) is 49.0. The maximum Gasteiger partial charge on any atom is 0.244 e. The number of nitrogens with two attached hydrogens (primary N) is 3. The summed E-state index contributed by atoms with van der Waals surface area (Å²) in [6.07, 6.45) is 5.87. The minimum atomic E-state index is -1.35. The Morgan fingerprint density at radius 3 is 1.96 bits per heavy atom. The summed E-state index contributed by atoms with van der Waals surface area (Å²) in [4.78, 5) is 122. The van der Waals surface area contributed by atoms with Crippen molar-refractivity contribution in [1.82, 2.24) is 47.2 Å². The summed E-state index contributed by atoms with van der Waals surface area (Å²) in [6, 6.07) is 15.5. The second-order valence-corrected chi connectivity index (χ2v) is 24.3. The summed E-state index contributed by atoms with van der Waals surface area (Å²) >= 11 is 4.32. The SMILES string of the molecule is CC(C)[C@@H]1NC(=O)[C@H](CCCCN)NC(=O)[C@@H](Cc2c[nH]c3ccccc23)NC(=O)[C@H](Cc2cccnc2)NC(=O)[C@H](NC(=O)[C@@H](N)Cc2ccc(I)cc2)CSSC[C@@H](C(=O)N[C@@H](Cc2ccc(I)cc2)C(N)=O)NC1=O. The molecule has 416 valence electrons. The number of fused-ring (bicyclic) bond motifs is 1. The van der Waals surface area contributed by atoms with E-state index in [2.05, 4.69) is 92.4 Å². The van der Waals surface area contributed by atoms with Gasteiger partial charge < -0.3 is 59.4 Å². The van der Waals surface area contributed by atoms with Gasteiger partial charge in [0.2, 0.25) is 47.3 Å². The molecule has 0 aliphatic carbocycles. The van der Waals surface area contributed by atoms with E-state index in [1.54, 1.807) is 50.5 Å². The van der Waals surface area contributed by atoms with Crippen LogP contribution in [-0.2, 0) is 64.0 Å². The number of pyridine rings is 1.